The highest BCUT2D eigenvalue weighted by Gasteiger charge is 2.25. The van der Waals surface area contributed by atoms with Crippen molar-refractivity contribution in [3.05, 3.63) is 35.9 Å². The Kier molecular flexibility index (Phi) is 5.57. The minimum absolute atomic E-state index is 0.104. The lowest BCUT2D eigenvalue weighted by molar-refractivity contribution is 0.294. The van der Waals surface area contributed by atoms with Gasteiger partial charge in [-0.2, -0.15) is 0 Å². The van der Waals surface area contributed by atoms with Crippen LogP contribution in [0.4, 0.5) is 0 Å². The minimum Gasteiger partial charge on any atom is -0.317 e. The van der Waals surface area contributed by atoms with Crippen LogP contribution in [-0.4, -0.2) is 38.9 Å². The zero-order valence-electron chi connectivity index (χ0n) is 12.1. The van der Waals surface area contributed by atoms with E-state index in [1.165, 1.54) is 0 Å². The Hall–Kier alpha value is -0.910. The Morgan fingerprint density at radius 1 is 1.20 bits per heavy atom. The van der Waals surface area contributed by atoms with E-state index in [0.717, 1.165) is 31.5 Å². The number of hydrogen-bond acceptors (Lipinski definition) is 3. The van der Waals surface area contributed by atoms with E-state index in [1.54, 1.807) is 4.31 Å². The second-order valence-corrected chi connectivity index (χ2v) is 7.35. The SMILES string of the molecule is CCN(CC1CCNCC1)S(=O)(=O)Cc1ccccc1. The summed E-state index contributed by atoms with van der Waals surface area (Å²) >= 11 is 0. The van der Waals surface area contributed by atoms with Crippen LogP contribution in [0.1, 0.15) is 25.3 Å². The molecule has 0 bridgehead atoms. The van der Waals surface area contributed by atoms with Gasteiger partial charge in [0.25, 0.3) is 0 Å². The molecule has 5 heteroatoms. The highest BCUT2D eigenvalue weighted by Crippen LogP contribution is 2.17. The van der Waals surface area contributed by atoms with E-state index < -0.39 is 10.0 Å². The van der Waals surface area contributed by atoms with E-state index in [9.17, 15) is 8.42 Å². The third kappa shape index (κ3) is 4.30. The van der Waals surface area contributed by atoms with Crippen molar-refractivity contribution in [2.75, 3.05) is 26.2 Å². The first kappa shape index (κ1) is 15.5. The van der Waals surface area contributed by atoms with Crippen LogP contribution in [0.5, 0.6) is 0 Å². The maximum atomic E-state index is 12.5. The normalized spacial score (nSPS) is 17.5. The first-order valence-electron chi connectivity index (χ1n) is 7.34. The highest BCUT2D eigenvalue weighted by molar-refractivity contribution is 7.88. The molecule has 0 saturated carbocycles. The fourth-order valence-corrected chi connectivity index (χ4v) is 4.30. The molecule has 1 N–H and O–H groups in total. The van der Waals surface area contributed by atoms with E-state index in [2.05, 4.69) is 5.32 Å². The molecule has 1 fully saturated rings. The van der Waals surface area contributed by atoms with Crippen LogP contribution in [0, 0.1) is 5.92 Å². The van der Waals surface area contributed by atoms with Crippen LogP contribution in [0.2, 0.25) is 0 Å². The molecule has 1 aliphatic rings. The summed E-state index contributed by atoms with van der Waals surface area (Å²) in [5, 5.41) is 3.32. The van der Waals surface area contributed by atoms with Crippen LogP contribution in [0.15, 0.2) is 30.3 Å². The predicted octanol–water partition coefficient (Wildman–Crippen LogP) is 1.84. The average Bonchev–Trinajstić information content (AvgIpc) is 2.46. The van der Waals surface area contributed by atoms with Crippen molar-refractivity contribution in [2.45, 2.75) is 25.5 Å². The Labute approximate surface area is 122 Å². The van der Waals surface area contributed by atoms with Crippen molar-refractivity contribution in [3.8, 4) is 0 Å². The third-order valence-electron chi connectivity index (χ3n) is 3.86. The molecule has 4 nitrogen and oxygen atoms in total. The lowest BCUT2D eigenvalue weighted by atomic mass is 9.98. The summed E-state index contributed by atoms with van der Waals surface area (Å²) in [6.07, 6.45) is 2.13. The van der Waals surface area contributed by atoms with Gasteiger partial charge in [0.1, 0.15) is 0 Å². The zero-order chi connectivity index (χ0) is 14.4. The molecular weight excluding hydrogens is 272 g/mol. The number of hydrogen-bond donors (Lipinski definition) is 1. The van der Waals surface area contributed by atoms with Crippen LogP contribution in [-0.2, 0) is 15.8 Å². The van der Waals surface area contributed by atoms with Crippen LogP contribution in [0.3, 0.4) is 0 Å². The highest BCUT2D eigenvalue weighted by atomic mass is 32.2. The van der Waals surface area contributed by atoms with Gasteiger partial charge in [0, 0.05) is 13.1 Å². The second-order valence-electron chi connectivity index (χ2n) is 5.39. The maximum Gasteiger partial charge on any atom is 0.218 e. The summed E-state index contributed by atoms with van der Waals surface area (Å²) in [5.41, 5.74) is 0.858. The van der Waals surface area contributed by atoms with Crippen LogP contribution < -0.4 is 5.32 Å². The number of sulfonamides is 1. The van der Waals surface area contributed by atoms with E-state index in [-0.39, 0.29) is 5.75 Å². The summed E-state index contributed by atoms with van der Waals surface area (Å²) in [6.45, 7) is 5.14. The Morgan fingerprint density at radius 3 is 2.45 bits per heavy atom. The molecule has 0 aromatic heterocycles. The minimum atomic E-state index is -3.21. The number of rotatable bonds is 6. The standard InChI is InChI=1S/C15H24N2O2S/c1-2-17(12-14-8-10-16-11-9-14)20(18,19)13-15-6-4-3-5-7-15/h3-7,14,16H,2,8-13H2,1H3. The average molecular weight is 296 g/mol. The first-order chi connectivity index (χ1) is 9.62. The Balaban J connectivity index is 2.01. The summed E-state index contributed by atoms with van der Waals surface area (Å²) in [4.78, 5) is 0. The lowest BCUT2D eigenvalue weighted by Crippen LogP contribution is -2.39. The summed E-state index contributed by atoms with van der Waals surface area (Å²) in [7, 11) is -3.21. The topological polar surface area (TPSA) is 49.4 Å². The molecule has 0 aliphatic carbocycles. The van der Waals surface area contributed by atoms with E-state index >= 15 is 0 Å². The van der Waals surface area contributed by atoms with Gasteiger partial charge in [-0.05, 0) is 37.4 Å². The lowest BCUT2D eigenvalue weighted by Gasteiger charge is -2.28. The molecule has 0 unspecified atom stereocenters. The van der Waals surface area contributed by atoms with Gasteiger partial charge in [-0.3, -0.25) is 0 Å². The molecule has 1 aromatic carbocycles. The molecule has 1 saturated heterocycles. The molecule has 2 rings (SSSR count). The molecule has 0 amide bonds. The third-order valence-corrected chi connectivity index (χ3v) is 5.75. The number of nitrogens with one attached hydrogen (secondary N) is 1. The fourth-order valence-electron chi connectivity index (χ4n) is 2.67. The maximum absolute atomic E-state index is 12.5. The first-order valence-corrected chi connectivity index (χ1v) is 8.95. The Morgan fingerprint density at radius 2 is 1.85 bits per heavy atom. The van der Waals surface area contributed by atoms with Gasteiger partial charge >= 0.3 is 0 Å². The van der Waals surface area contributed by atoms with Crippen molar-refractivity contribution < 1.29 is 8.42 Å². The molecule has 1 aromatic rings. The zero-order valence-corrected chi connectivity index (χ0v) is 12.9. The summed E-state index contributed by atoms with van der Waals surface area (Å²) in [6, 6.07) is 9.41. The van der Waals surface area contributed by atoms with Gasteiger partial charge in [0.15, 0.2) is 0 Å². The van der Waals surface area contributed by atoms with E-state index in [1.807, 2.05) is 37.3 Å². The summed E-state index contributed by atoms with van der Waals surface area (Å²) in [5.74, 6) is 0.592. The number of benzene rings is 1. The monoisotopic (exact) mass is 296 g/mol. The number of piperidine rings is 1. The van der Waals surface area contributed by atoms with Crippen molar-refractivity contribution in [1.29, 1.82) is 0 Å². The second kappa shape index (κ2) is 7.20. The molecule has 0 radical (unpaired) electrons. The van der Waals surface area contributed by atoms with Gasteiger partial charge in [-0.1, -0.05) is 37.3 Å². The smallest absolute Gasteiger partial charge is 0.218 e. The predicted molar refractivity (Wildman–Crippen MR) is 81.9 cm³/mol. The largest absolute Gasteiger partial charge is 0.317 e. The van der Waals surface area contributed by atoms with Crippen LogP contribution in [0.25, 0.3) is 0 Å². The van der Waals surface area contributed by atoms with Crippen molar-refractivity contribution in [1.82, 2.24) is 9.62 Å². The molecule has 0 atom stereocenters. The van der Waals surface area contributed by atoms with Crippen molar-refractivity contribution in [3.63, 3.8) is 0 Å². The van der Waals surface area contributed by atoms with Gasteiger partial charge < -0.3 is 5.32 Å². The number of nitrogens with zero attached hydrogens (tertiary/aromatic N) is 1. The van der Waals surface area contributed by atoms with Crippen molar-refractivity contribution in [2.24, 2.45) is 5.92 Å². The quantitative estimate of drug-likeness (QED) is 0.871. The van der Waals surface area contributed by atoms with Gasteiger partial charge in [0.05, 0.1) is 5.75 Å². The molecule has 1 heterocycles. The fraction of sp³-hybridized carbons (Fsp3) is 0.600. The Bertz CT molecular complexity index is 496. The van der Waals surface area contributed by atoms with Gasteiger partial charge in [-0.25, -0.2) is 12.7 Å². The molecule has 1 aliphatic heterocycles. The molecule has 0 spiro atoms. The molecule has 112 valence electrons. The van der Waals surface area contributed by atoms with Gasteiger partial charge in [0.2, 0.25) is 10.0 Å². The van der Waals surface area contributed by atoms with Crippen LogP contribution >= 0.6 is 0 Å². The summed E-state index contributed by atoms with van der Waals surface area (Å²) < 4.78 is 26.7. The van der Waals surface area contributed by atoms with Gasteiger partial charge in [-0.15, -0.1) is 0 Å². The molecular formula is C15H24N2O2S. The molecule has 20 heavy (non-hydrogen) atoms. The van der Waals surface area contributed by atoms with E-state index in [0.29, 0.717) is 19.0 Å². The van der Waals surface area contributed by atoms with E-state index in [4.69, 9.17) is 0 Å². The van der Waals surface area contributed by atoms with Crippen molar-refractivity contribution >= 4 is 10.0 Å².